The predicted molar refractivity (Wildman–Crippen MR) is 81.1 cm³/mol. The maximum absolute atomic E-state index is 12.4. The Labute approximate surface area is 128 Å². The lowest BCUT2D eigenvalue weighted by Crippen LogP contribution is -2.44. The van der Waals surface area contributed by atoms with Crippen molar-refractivity contribution in [3.8, 4) is 0 Å². The molecule has 1 heterocycles. The zero-order valence-electron chi connectivity index (χ0n) is 12.3. The van der Waals surface area contributed by atoms with Crippen LogP contribution in [0.1, 0.15) is 32.1 Å². The van der Waals surface area contributed by atoms with Crippen LogP contribution in [-0.2, 0) is 9.59 Å². The molecule has 22 heavy (non-hydrogen) atoms. The summed E-state index contributed by atoms with van der Waals surface area (Å²) >= 11 is 0. The molecule has 1 aromatic rings. The normalized spacial score (nSPS) is 19.5. The molecule has 1 aliphatic heterocycles. The molecule has 0 atom stereocenters. The smallest absolute Gasteiger partial charge is 0.325 e. The van der Waals surface area contributed by atoms with Crippen LogP contribution in [-0.4, -0.2) is 34.8 Å². The number of rotatable bonds is 4. The predicted octanol–water partition coefficient (Wildman–Crippen LogP) is 1.88. The number of nitrogens with zero attached hydrogens (tertiary/aromatic N) is 1. The molecule has 1 aromatic carbocycles. The minimum Gasteiger partial charge on any atom is -0.326 e. The summed E-state index contributed by atoms with van der Waals surface area (Å²) < 4.78 is 0. The van der Waals surface area contributed by atoms with Gasteiger partial charge in [-0.25, -0.2) is 4.79 Å². The SMILES string of the molecule is O=C(CCN1C(=O)NC2(CCCC2)C1=O)Nc1ccccc1. The number of imide groups is 1. The van der Waals surface area contributed by atoms with E-state index < -0.39 is 5.54 Å². The van der Waals surface area contributed by atoms with Gasteiger partial charge in [0.25, 0.3) is 5.91 Å². The van der Waals surface area contributed by atoms with Gasteiger partial charge in [-0.2, -0.15) is 0 Å². The number of anilines is 1. The van der Waals surface area contributed by atoms with E-state index in [1.54, 1.807) is 12.1 Å². The van der Waals surface area contributed by atoms with Crippen LogP contribution in [0.5, 0.6) is 0 Å². The van der Waals surface area contributed by atoms with Crippen LogP contribution in [0.2, 0.25) is 0 Å². The molecule has 0 radical (unpaired) electrons. The van der Waals surface area contributed by atoms with Gasteiger partial charge in [0.05, 0.1) is 0 Å². The summed E-state index contributed by atoms with van der Waals surface area (Å²) in [5.41, 5.74) is 0.00412. The first-order valence-corrected chi connectivity index (χ1v) is 7.60. The van der Waals surface area contributed by atoms with Gasteiger partial charge in [0.2, 0.25) is 5.91 Å². The van der Waals surface area contributed by atoms with Crippen molar-refractivity contribution in [2.24, 2.45) is 0 Å². The van der Waals surface area contributed by atoms with Crippen molar-refractivity contribution in [3.63, 3.8) is 0 Å². The Kier molecular flexibility index (Phi) is 3.83. The summed E-state index contributed by atoms with van der Waals surface area (Å²) in [5, 5.41) is 5.56. The second kappa shape index (κ2) is 5.79. The van der Waals surface area contributed by atoms with Gasteiger partial charge in [-0.05, 0) is 25.0 Å². The van der Waals surface area contributed by atoms with E-state index >= 15 is 0 Å². The molecule has 1 saturated heterocycles. The third-order valence-electron chi connectivity index (χ3n) is 4.32. The van der Waals surface area contributed by atoms with Crippen LogP contribution in [0.15, 0.2) is 30.3 Å². The van der Waals surface area contributed by atoms with Crippen LogP contribution >= 0.6 is 0 Å². The second-order valence-corrected chi connectivity index (χ2v) is 5.84. The van der Waals surface area contributed by atoms with Crippen molar-refractivity contribution in [2.75, 3.05) is 11.9 Å². The topological polar surface area (TPSA) is 78.5 Å². The van der Waals surface area contributed by atoms with Crippen molar-refractivity contribution < 1.29 is 14.4 Å². The summed E-state index contributed by atoms with van der Waals surface area (Å²) in [4.78, 5) is 37.5. The molecular weight excluding hydrogens is 282 g/mol. The zero-order chi connectivity index (χ0) is 15.6. The summed E-state index contributed by atoms with van der Waals surface area (Å²) in [5.74, 6) is -0.387. The summed E-state index contributed by atoms with van der Waals surface area (Å²) in [6, 6.07) is 8.73. The van der Waals surface area contributed by atoms with Gasteiger partial charge >= 0.3 is 6.03 Å². The Bertz CT molecular complexity index is 594. The highest BCUT2D eigenvalue weighted by molar-refractivity contribution is 6.07. The Morgan fingerprint density at radius 1 is 1.18 bits per heavy atom. The van der Waals surface area contributed by atoms with Crippen LogP contribution in [0.4, 0.5) is 10.5 Å². The van der Waals surface area contributed by atoms with E-state index in [-0.39, 0.29) is 30.8 Å². The minimum atomic E-state index is -0.701. The third-order valence-corrected chi connectivity index (χ3v) is 4.32. The first kappa shape index (κ1) is 14.6. The fraction of sp³-hybridized carbons (Fsp3) is 0.438. The Balaban J connectivity index is 1.56. The van der Waals surface area contributed by atoms with E-state index in [0.717, 1.165) is 12.8 Å². The fourth-order valence-corrected chi connectivity index (χ4v) is 3.16. The Morgan fingerprint density at radius 2 is 1.86 bits per heavy atom. The van der Waals surface area contributed by atoms with Crippen LogP contribution in [0, 0.1) is 0 Å². The van der Waals surface area contributed by atoms with Gasteiger partial charge < -0.3 is 10.6 Å². The lowest BCUT2D eigenvalue weighted by atomic mass is 9.98. The lowest BCUT2D eigenvalue weighted by molar-refractivity contribution is -0.131. The van der Waals surface area contributed by atoms with Crippen molar-refractivity contribution in [3.05, 3.63) is 30.3 Å². The molecule has 4 amide bonds. The average molecular weight is 301 g/mol. The number of carbonyl (C=O) groups excluding carboxylic acids is 3. The van der Waals surface area contributed by atoms with Crippen molar-refractivity contribution in [2.45, 2.75) is 37.6 Å². The first-order valence-electron chi connectivity index (χ1n) is 7.60. The molecule has 1 saturated carbocycles. The summed E-state index contributed by atoms with van der Waals surface area (Å²) in [6.45, 7) is 0.116. The molecular formula is C16H19N3O3. The average Bonchev–Trinajstić information content (AvgIpc) is 3.06. The lowest BCUT2D eigenvalue weighted by Gasteiger charge is -2.19. The van der Waals surface area contributed by atoms with E-state index in [2.05, 4.69) is 10.6 Å². The van der Waals surface area contributed by atoms with Gasteiger partial charge in [0.15, 0.2) is 0 Å². The molecule has 0 unspecified atom stereocenters. The maximum Gasteiger partial charge on any atom is 0.325 e. The number of hydrogen-bond acceptors (Lipinski definition) is 3. The maximum atomic E-state index is 12.4. The molecule has 116 valence electrons. The largest absolute Gasteiger partial charge is 0.326 e. The fourth-order valence-electron chi connectivity index (χ4n) is 3.16. The van der Waals surface area contributed by atoms with Crippen LogP contribution in [0.3, 0.4) is 0 Å². The van der Waals surface area contributed by atoms with Crippen molar-refractivity contribution in [1.82, 2.24) is 10.2 Å². The van der Waals surface area contributed by atoms with Crippen molar-refractivity contribution >= 4 is 23.5 Å². The monoisotopic (exact) mass is 301 g/mol. The number of nitrogens with one attached hydrogen (secondary N) is 2. The Morgan fingerprint density at radius 3 is 2.55 bits per heavy atom. The second-order valence-electron chi connectivity index (χ2n) is 5.84. The molecule has 0 aromatic heterocycles. The molecule has 0 bridgehead atoms. The standard InChI is InChI=1S/C16H19N3O3/c20-13(17-12-6-2-1-3-7-12)8-11-19-14(21)16(18-15(19)22)9-4-5-10-16/h1-3,6-7H,4-5,8-11H2,(H,17,20)(H,18,22). The highest BCUT2D eigenvalue weighted by atomic mass is 16.2. The zero-order valence-corrected chi connectivity index (χ0v) is 12.3. The van der Waals surface area contributed by atoms with Crippen LogP contribution < -0.4 is 10.6 Å². The van der Waals surface area contributed by atoms with E-state index in [9.17, 15) is 14.4 Å². The molecule has 2 N–H and O–H groups in total. The number of para-hydroxylation sites is 1. The van der Waals surface area contributed by atoms with E-state index in [4.69, 9.17) is 0 Å². The minimum absolute atomic E-state index is 0.101. The molecule has 1 aliphatic carbocycles. The van der Waals surface area contributed by atoms with Gasteiger partial charge in [0.1, 0.15) is 5.54 Å². The number of amides is 4. The quantitative estimate of drug-likeness (QED) is 0.833. The summed E-state index contributed by atoms with van der Waals surface area (Å²) in [6.07, 6.45) is 3.40. The van der Waals surface area contributed by atoms with E-state index in [1.807, 2.05) is 18.2 Å². The molecule has 2 fully saturated rings. The van der Waals surface area contributed by atoms with E-state index in [0.29, 0.717) is 18.5 Å². The highest BCUT2D eigenvalue weighted by Crippen LogP contribution is 2.34. The summed E-state index contributed by atoms with van der Waals surface area (Å²) in [7, 11) is 0. The first-order chi connectivity index (χ1) is 10.6. The molecule has 6 heteroatoms. The van der Waals surface area contributed by atoms with Gasteiger partial charge in [-0.1, -0.05) is 31.0 Å². The molecule has 6 nitrogen and oxygen atoms in total. The Hall–Kier alpha value is -2.37. The molecule has 3 rings (SSSR count). The third kappa shape index (κ3) is 2.68. The number of benzene rings is 1. The van der Waals surface area contributed by atoms with Gasteiger partial charge in [-0.15, -0.1) is 0 Å². The number of hydrogen-bond donors (Lipinski definition) is 2. The van der Waals surface area contributed by atoms with Gasteiger partial charge in [-0.3, -0.25) is 14.5 Å². The molecule has 2 aliphatic rings. The highest BCUT2D eigenvalue weighted by Gasteiger charge is 2.52. The van der Waals surface area contributed by atoms with Gasteiger partial charge in [0, 0.05) is 18.7 Å². The number of carbonyl (C=O) groups is 3. The van der Waals surface area contributed by atoms with E-state index in [1.165, 1.54) is 4.90 Å². The van der Waals surface area contributed by atoms with Crippen molar-refractivity contribution in [1.29, 1.82) is 0 Å². The number of urea groups is 1. The molecule has 1 spiro atoms. The van der Waals surface area contributed by atoms with Crippen LogP contribution in [0.25, 0.3) is 0 Å².